The quantitative estimate of drug-likeness (QED) is 0.896. The molecule has 110 valence electrons. The van der Waals surface area contributed by atoms with E-state index >= 15 is 0 Å². The third-order valence-corrected chi connectivity index (χ3v) is 3.64. The van der Waals surface area contributed by atoms with E-state index in [4.69, 9.17) is 11.6 Å². The fraction of sp³-hybridized carbons (Fsp3) is 0.562. The molecule has 0 aliphatic heterocycles. The Bertz CT molecular complexity index is 494. The van der Waals surface area contributed by atoms with E-state index in [1.54, 1.807) is 0 Å². The molecular weight excluding hydrogens is 272 g/mol. The highest BCUT2D eigenvalue weighted by Crippen LogP contribution is 2.25. The van der Waals surface area contributed by atoms with Gasteiger partial charge >= 0.3 is 0 Å². The molecule has 1 aliphatic rings. The number of hydrogen-bond donors (Lipinski definition) is 2. The molecular formula is C16H23ClN2O. The summed E-state index contributed by atoms with van der Waals surface area (Å²) >= 11 is 6.01. The number of nitrogens with one attached hydrogen (secondary N) is 2. The maximum absolute atomic E-state index is 11.7. The lowest BCUT2D eigenvalue weighted by Crippen LogP contribution is -2.42. The van der Waals surface area contributed by atoms with E-state index in [1.807, 2.05) is 32.9 Å². The Balaban J connectivity index is 1.74. The molecule has 1 aromatic rings. The summed E-state index contributed by atoms with van der Waals surface area (Å²) in [5.41, 5.74) is 2.54. The smallest absolute Gasteiger partial charge is 0.221 e. The van der Waals surface area contributed by atoms with E-state index in [0.717, 1.165) is 17.9 Å². The summed E-state index contributed by atoms with van der Waals surface area (Å²) in [6.45, 7) is 6.70. The minimum atomic E-state index is -0.155. The van der Waals surface area contributed by atoms with Crippen molar-refractivity contribution in [2.24, 2.45) is 0 Å². The van der Waals surface area contributed by atoms with Crippen LogP contribution in [0.4, 0.5) is 0 Å². The molecule has 0 fully saturated rings. The summed E-state index contributed by atoms with van der Waals surface area (Å²) in [7, 11) is 0. The van der Waals surface area contributed by atoms with Gasteiger partial charge in [-0.15, -0.1) is 0 Å². The predicted octanol–water partition coefficient (Wildman–Crippen LogP) is 2.70. The van der Waals surface area contributed by atoms with Crippen LogP contribution >= 0.6 is 11.6 Å². The zero-order valence-corrected chi connectivity index (χ0v) is 13.2. The van der Waals surface area contributed by atoms with Crippen LogP contribution in [0, 0.1) is 0 Å². The zero-order valence-electron chi connectivity index (χ0n) is 12.4. The Morgan fingerprint density at radius 3 is 2.70 bits per heavy atom. The second kappa shape index (κ2) is 6.15. The van der Waals surface area contributed by atoms with Crippen LogP contribution in [0.1, 0.15) is 38.3 Å². The number of carbonyl (C=O) groups is 1. The number of amides is 1. The number of halogens is 1. The van der Waals surface area contributed by atoms with Crippen molar-refractivity contribution in [3.63, 3.8) is 0 Å². The van der Waals surface area contributed by atoms with E-state index < -0.39 is 0 Å². The molecule has 4 heteroatoms. The van der Waals surface area contributed by atoms with Crippen molar-refractivity contribution in [3.05, 3.63) is 34.3 Å². The lowest BCUT2D eigenvalue weighted by molar-refractivity contribution is -0.122. The molecule has 3 nitrogen and oxygen atoms in total. The summed E-state index contributed by atoms with van der Waals surface area (Å²) < 4.78 is 0. The topological polar surface area (TPSA) is 41.1 Å². The van der Waals surface area contributed by atoms with Crippen LogP contribution in [-0.4, -0.2) is 24.0 Å². The van der Waals surface area contributed by atoms with E-state index in [-0.39, 0.29) is 11.4 Å². The SMILES string of the molecule is CC(C)(C)NC(=O)CCNC1Cc2ccc(Cl)cc2C1. The molecule has 0 heterocycles. The average molecular weight is 295 g/mol. The predicted molar refractivity (Wildman–Crippen MR) is 83.2 cm³/mol. The zero-order chi connectivity index (χ0) is 14.8. The van der Waals surface area contributed by atoms with Crippen molar-refractivity contribution in [2.45, 2.75) is 51.6 Å². The van der Waals surface area contributed by atoms with Crippen LogP contribution in [0.25, 0.3) is 0 Å². The first-order chi connectivity index (χ1) is 9.33. The number of fused-ring (bicyclic) bond motifs is 1. The van der Waals surface area contributed by atoms with Gasteiger partial charge in [0.05, 0.1) is 0 Å². The molecule has 1 unspecified atom stereocenters. The molecule has 0 radical (unpaired) electrons. The fourth-order valence-corrected chi connectivity index (χ4v) is 2.80. The van der Waals surface area contributed by atoms with Gasteiger partial charge in [-0.2, -0.15) is 0 Å². The highest BCUT2D eigenvalue weighted by Gasteiger charge is 2.21. The van der Waals surface area contributed by atoms with E-state index in [0.29, 0.717) is 19.0 Å². The van der Waals surface area contributed by atoms with Crippen molar-refractivity contribution < 1.29 is 4.79 Å². The summed E-state index contributed by atoms with van der Waals surface area (Å²) in [5.74, 6) is 0.101. The molecule has 0 saturated heterocycles. The second-order valence-electron chi connectivity index (χ2n) is 6.52. The molecule has 1 aromatic carbocycles. The molecule has 2 rings (SSSR count). The first-order valence-corrected chi connectivity index (χ1v) is 7.53. The normalized spacial score (nSPS) is 17.9. The standard InChI is InChI=1S/C16H23ClN2O/c1-16(2,3)19-15(20)6-7-18-14-9-11-4-5-13(17)8-12(11)10-14/h4-5,8,14,18H,6-7,9-10H2,1-3H3,(H,19,20). The van der Waals surface area contributed by atoms with Gasteiger partial charge in [-0.05, 0) is 56.9 Å². The van der Waals surface area contributed by atoms with Crippen LogP contribution in [0.5, 0.6) is 0 Å². The van der Waals surface area contributed by atoms with Crippen LogP contribution < -0.4 is 10.6 Å². The lowest BCUT2D eigenvalue weighted by atomic mass is 10.1. The second-order valence-corrected chi connectivity index (χ2v) is 6.96. The van der Waals surface area contributed by atoms with Crippen molar-refractivity contribution in [1.29, 1.82) is 0 Å². The highest BCUT2D eigenvalue weighted by atomic mass is 35.5. The minimum absolute atomic E-state index is 0.101. The largest absolute Gasteiger partial charge is 0.351 e. The van der Waals surface area contributed by atoms with Gasteiger partial charge in [-0.3, -0.25) is 4.79 Å². The van der Waals surface area contributed by atoms with E-state index in [1.165, 1.54) is 11.1 Å². The number of carbonyl (C=O) groups excluding carboxylic acids is 1. The van der Waals surface area contributed by atoms with Crippen LogP contribution in [0.2, 0.25) is 5.02 Å². The molecule has 0 bridgehead atoms. The van der Waals surface area contributed by atoms with Gasteiger partial charge in [0.25, 0.3) is 0 Å². The van der Waals surface area contributed by atoms with Gasteiger partial charge in [-0.25, -0.2) is 0 Å². The monoisotopic (exact) mass is 294 g/mol. The Labute approximate surface area is 126 Å². The third-order valence-electron chi connectivity index (χ3n) is 3.40. The van der Waals surface area contributed by atoms with Gasteiger partial charge in [0, 0.05) is 29.6 Å². The number of rotatable bonds is 4. The van der Waals surface area contributed by atoms with Gasteiger partial charge in [0.1, 0.15) is 0 Å². The minimum Gasteiger partial charge on any atom is -0.351 e. The number of hydrogen-bond acceptors (Lipinski definition) is 2. The van der Waals surface area contributed by atoms with Gasteiger partial charge in [0.15, 0.2) is 0 Å². The number of benzene rings is 1. The van der Waals surface area contributed by atoms with Crippen LogP contribution in [0.3, 0.4) is 0 Å². The van der Waals surface area contributed by atoms with Crippen molar-refractivity contribution >= 4 is 17.5 Å². The van der Waals surface area contributed by atoms with Crippen LogP contribution in [0.15, 0.2) is 18.2 Å². The third kappa shape index (κ3) is 4.50. The average Bonchev–Trinajstić information content (AvgIpc) is 2.68. The summed E-state index contributed by atoms with van der Waals surface area (Å²) in [6.07, 6.45) is 2.54. The van der Waals surface area contributed by atoms with Gasteiger partial charge in [-0.1, -0.05) is 17.7 Å². The molecule has 0 spiro atoms. The van der Waals surface area contributed by atoms with Crippen LogP contribution in [-0.2, 0) is 17.6 Å². The van der Waals surface area contributed by atoms with Crippen molar-refractivity contribution in [2.75, 3.05) is 6.54 Å². The molecule has 1 aliphatic carbocycles. The van der Waals surface area contributed by atoms with E-state index in [9.17, 15) is 4.79 Å². The Hall–Kier alpha value is -1.06. The van der Waals surface area contributed by atoms with Crippen molar-refractivity contribution in [3.8, 4) is 0 Å². The maximum Gasteiger partial charge on any atom is 0.221 e. The van der Waals surface area contributed by atoms with Crippen molar-refractivity contribution in [1.82, 2.24) is 10.6 Å². The summed E-state index contributed by atoms with van der Waals surface area (Å²) in [5, 5.41) is 7.23. The first-order valence-electron chi connectivity index (χ1n) is 7.15. The van der Waals surface area contributed by atoms with Gasteiger partial charge in [0.2, 0.25) is 5.91 Å². The Kier molecular flexibility index (Phi) is 4.71. The lowest BCUT2D eigenvalue weighted by Gasteiger charge is -2.21. The Morgan fingerprint density at radius 2 is 2.00 bits per heavy atom. The van der Waals surface area contributed by atoms with Gasteiger partial charge < -0.3 is 10.6 Å². The molecule has 2 N–H and O–H groups in total. The molecule has 0 saturated carbocycles. The molecule has 20 heavy (non-hydrogen) atoms. The first kappa shape index (κ1) is 15.3. The fourth-order valence-electron chi connectivity index (χ4n) is 2.60. The van der Waals surface area contributed by atoms with E-state index in [2.05, 4.69) is 16.7 Å². The Morgan fingerprint density at radius 1 is 1.30 bits per heavy atom. The molecule has 1 atom stereocenters. The summed E-state index contributed by atoms with van der Waals surface area (Å²) in [6, 6.07) is 6.52. The summed E-state index contributed by atoms with van der Waals surface area (Å²) in [4.78, 5) is 11.7. The maximum atomic E-state index is 11.7. The molecule has 1 amide bonds. The highest BCUT2D eigenvalue weighted by molar-refractivity contribution is 6.30. The molecule has 0 aromatic heterocycles.